The number of nitrogens with zero attached hydrogens (tertiary/aromatic N) is 4. The Morgan fingerprint density at radius 1 is 1.05 bits per heavy atom. The summed E-state index contributed by atoms with van der Waals surface area (Å²) in [6.45, 7) is 6.10. The fourth-order valence-electron chi connectivity index (χ4n) is 5.88. The summed E-state index contributed by atoms with van der Waals surface area (Å²) < 4.78 is 22.6. The van der Waals surface area contributed by atoms with Crippen molar-refractivity contribution in [3.05, 3.63) is 53.3 Å². The summed E-state index contributed by atoms with van der Waals surface area (Å²) >= 11 is 6.80. The minimum atomic E-state index is -0.563. The molecule has 4 aromatic rings. The number of anilines is 1. The number of hydrogen-bond acceptors (Lipinski definition) is 7. The summed E-state index contributed by atoms with van der Waals surface area (Å²) in [4.78, 5) is 24.7. The van der Waals surface area contributed by atoms with Gasteiger partial charge in [-0.1, -0.05) is 42.3 Å². The molecular formula is C34H41ClFN5O3. The van der Waals surface area contributed by atoms with Crippen molar-refractivity contribution in [1.29, 1.82) is 0 Å². The van der Waals surface area contributed by atoms with Crippen LogP contribution in [0.4, 0.5) is 10.2 Å². The molecule has 234 valence electrons. The standard InChI is InChI=1S/C34H41ClFN5O3/c1-23(42)37-14-7-3-8-15-40(2)16-11-19-44-34-38-32-28(33(39-34)41-17-9-4-10-18-41)22-29(35)30(31(32)36)27-21-25(43)20-24-12-5-6-13-26(24)27/h5-6,12-13,20-22,43H,3-4,7-11,14-19H2,1-2H3,(H,37,42). The van der Waals surface area contributed by atoms with E-state index in [-0.39, 0.29) is 33.8 Å². The maximum Gasteiger partial charge on any atom is 0.319 e. The number of phenols is 1. The average molecular weight is 622 g/mol. The zero-order valence-electron chi connectivity index (χ0n) is 25.5. The summed E-state index contributed by atoms with van der Waals surface area (Å²) in [5, 5.41) is 15.6. The molecule has 8 nitrogen and oxygen atoms in total. The molecule has 0 spiro atoms. The molecule has 1 saturated heterocycles. The van der Waals surface area contributed by atoms with Crippen LogP contribution in [0, 0.1) is 5.82 Å². The van der Waals surface area contributed by atoms with E-state index in [2.05, 4.69) is 27.1 Å². The highest BCUT2D eigenvalue weighted by molar-refractivity contribution is 6.35. The minimum absolute atomic E-state index is 0.0117. The molecule has 3 aromatic carbocycles. The van der Waals surface area contributed by atoms with Crippen LogP contribution in [0.5, 0.6) is 11.8 Å². The number of nitrogens with one attached hydrogen (secondary N) is 1. The number of amides is 1. The first-order valence-electron chi connectivity index (χ1n) is 15.5. The number of hydrogen-bond donors (Lipinski definition) is 2. The number of fused-ring (bicyclic) bond motifs is 2. The highest BCUT2D eigenvalue weighted by Crippen LogP contribution is 2.42. The summed E-state index contributed by atoms with van der Waals surface area (Å²) in [6.07, 6.45) is 7.07. The lowest BCUT2D eigenvalue weighted by Crippen LogP contribution is -2.30. The molecule has 10 heteroatoms. The van der Waals surface area contributed by atoms with Crippen LogP contribution in [-0.2, 0) is 4.79 Å². The largest absolute Gasteiger partial charge is 0.508 e. The zero-order chi connectivity index (χ0) is 31.1. The molecule has 0 aliphatic carbocycles. The molecule has 1 amide bonds. The van der Waals surface area contributed by atoms with E-state index in [4.69, 9.17) is 21.3 Å². The van der Waals surface area contributed by atoms with Crippen molar-refractivity contribution in [2.75, 3.05) is 51.3 Å². The van der Waals surface area contributed by atoms with Gasteiger partial charge in [0.05, 0.1) is 11.6 Å². The Labute approximate surface area is 263 Å². The number of carbonyl (C=O) groups excluding carboxylic acids is 1. The predicted molar refractivity (Wildman–Crippen MR) is 175 cm³/mol. The van der Waals surface area contributed by atoms with Gasteiger partial charge in [0.1, 0.15) is 17.1 Å². The minimum Gasteiger partial charge on any atom is -0.508 e. The Bertz CT molecular complexity index is 1610. The monoisotopic (exact) mass is 621 g/mol. The highest BCUT2D eigenvalue weighted by atomic mass is 35.5. The summed E-state index contributed by atoms with van der Waals surface area (Å²) in [7, 11) is 2.08. The van der Waals surface area contributed by atoms with Gasteiger partial charge in [-0.05, 0) is 86.7 Å². The van der Waals surface area contributed by atoms with Crippen LogP contribution in [0.25, 0.3) is 32.8 Å². The molecule has 2 N–H and O–H groups in total. The summed E-state index contributed by atoms with van der Waals surface area (Å²) in [5.41, 5.74) is 0.849. The molecule has 1 aliphatic rings. The highest BCUT2D eigenvalue weighted by Gasteiger charge is 2.24. The smallest absolute Gasteiger partial charge is 0.319 e. The van der Waals surface area contributed by atoms with Crippen LogP contribution in [0.3, 0.4) is 0 Å². The number of carbonyl (C=O) groups is 1. The number of ether oxygens (including phenoxy) is 1. The lowest BCUT2D eigenvalue weighted by atomic mass is 9.96. The van der Waals surface area contributed by atoms with E-state index in [0.717, 1.165) is 88.4 Å². The van der Waals surface area contributed by atoms with Crippen LogP contribution < -0.4 is 15.0 Å². The number of halogens is 2. The van der Waals surface area contributed by atoms with Crippen molar-refractivity contribution in [3.8, 4) is 22.9 Å². The van der Waals surface area contributed by atoms with Gasteiger partial charge < -0.3 is 25.0 Å². The first-order chi connectivity index (χ1) is 21.3. The second-order valence-electron chi connectivity index (χ2n) is 11.6. The van der Waals surface area contributed by atoms with E-state index in [9.17, 15) is 9.90 Å². The fraction of sp³-hybridized carbons (Fsp3) is 0.441. The van der Waals surface area contributed by atoms with E-state index >= 15 is 4.39 Å². The van der Waals surface area contributed by atoms with Crippen molar-refractivity contribution in [2.45, 2.75) is 51.9 Å². The lowest BCUT2D eigenvalue weighted by Gasteiger charge is -2.29. The van der Waals surface area contributed by atoms with Crippen molar-refractivity contribution in [3.63, 3.8) is 0 Å². The topological polar surface area (TPSA) is 90.8 Å². The molecule has 1 fully saturated rings. The normalized spacial score (nSPS) is 13.6. The Morgan fingerprint density at radius 2 is 1.82 bits per heavy atom. The van der Waals surface area contributed by atoms with Crippen LogP contribution in [0.15, 0.2) is 42.5 Å². The summed E-state index contributed by atoms with van der Waals surface area (Å²) in [6, 6.07) is 12.6. The van der Waals surface area contributed by atoms with Gasteiger partial charge in [0.15, 0.2) is 5.82 Å². The number of phenolic OH excluding ortho intramolecular Hbond substituents is 1. The lowest BCUT2D eigenvalue weighted by molar-refractivity contribution is -0.118. The van der Waals surface area contributed by atoms with Gasteiger partial charge in [0.2, 0.25) is 5.91 Å². The molecule has 44 heavy (non-hydrogen) atoms. The van der Waals surface area contributed by atoms with E-state index < -0.39 is 5.82 Å². The number of aromatic nitrogens is 2. The van der Waals surface area contributed by atoms with E-state index in [1.165, 1.54) is 6.92 Å². The van der Waals surface area contributed by atoms with Gasteiger partial charge in [-0.15, -0.1) is 0 Å². The first-order valence-corrected chi connectivity index (χ1v) is 15.9. The molecule has 1 aromatic heterocycles. The Hall–Kier alpha value is -3.69. The third-order valence-corrected chi connectivity index (χ3v) is 8.42. The maximum absolute atomic E-state index is 16.6. The Kier molecular flexibility index (Phi) is 10.7. The second-order valence-corrected chi connectivity index (χ2v) is 12.0. The molecule has 0 radical (unpaired) electrons. The predicted octanol–water partition coefficient (Wildman–Crippen LogP) is 6.95. The van der Waals surface area contributed by atoms with Crippen molar-refractivity contribution in [2.24, 2.45) is 0 Å². The van der Waals surface area contributed by atoms with Gasteiger partial charge in [0, 0.05) is 44.1 Å². The molecule has 1 aliphatic heterocycles. The van der Waals surface area contributed by atoms with Crippen molar-refractivity contribution < 1.29 is 19.0 Å². The summed E-state index contributed by atoms with van der Waals surface area (Å²) in [5.74, 6) is 0.115. The van der Waals surface area contributed by atoms with Gasteiger partial charge in [-0.25, -0.2) is 4.39 Å². The molecule has 0 bridgehead atoms. The van der Waals surface area contributed by atoms with E-state index in [1.54, 1.807) is 18.2 Å². The maximum atomic E-state index is 16.6. The van der Waals surface area contributed by atoms with E-state index in [1.807, 2.05) is 24.3 Å². The fourth-order valence-corrected chi connectivity index (χ4v) is 6.17. The number of piperidine rings is 1. The molecule has 2 heterocycles. The van der Waals surface area contributed by atoms with Crippen molar-refractivity contribution >= 4 is 45.0 Å². The van der Waals surface area contributed by atoms with Crippen molar-refractivity contribution in [1.82, 2.24) is 20.2 Å². The molecule has 0 unspecified atom stereocenters. The number of aromatic hydroxyl groups is 1. The third kappa shape index (κ3) is 7.68. The van der Waals surface area contributed by atoms with E-state index in [0.29, 0.717) is 23.4 Å². The second kappa shape index (κ2) is 14.9. The average Bonchev–Trinajstić information content (AvgIpc) is 3.01. The van der Waals surface area contributed by atoms with Gasteiger partial charge in [-0.3, -0.25) is 4.79 Å². The van der Waals surface area contributed by atoms with Crippen LogP contribution in [0.1, 0.15) is 51.9 Å². The molecule has 0 saturated carbocycles. The molecule has 0 atom stereocenters. The van der Waals surface area contributed by atoms with Crippen LogP contribution >= 0.6 is 11.6 Å². The molecular weight excluding hydrogens is 581 g/mol. The third-order valence-electron chi connectivity index (χ3n) is 8.12. The SMILES string of the molecule is CC(=O)NCCCCCN(C)CCCOc1nc(N2CCCCC2)c2cc(Cl)c(-c3cc(O)cc4ccccc34)c(F)c2n1. The van der Waals surface area contributed by atoms with Gasteiger partial charge in [0.25, 0.3) is 0 Å². The number of benzene rings is 3. The number of rotatable bonds is 13. The van der Waals surface area contributed by atoms with Crippen LogP contribution in [-0.4, -0.2) is 72.3 Å². The zero-order valence-corrected chi connectivity index (χ0v) is 26.3. The van der Waals surface area contributed by atoms with Gasteiger partial charge in [-0.2, -0.15) is 9.97 Å². The molecule has 5 rings (SSSR count). The quantitative estimate of drug-likeness (QED) is 0.156. The first kappa shape index (κ1) is 31.7. The Morgan fingerprint density at radius 3 is 2.61 bits per heavy atom. The number of unbranched alkanes of at least 4 members (excludes halogenated alkanes) is 2. The van der Waals surface area contributed by atoms with Gasteiger partial charge >= 0.3 is 6.01 Å². The van der Waals surface area contributed by atoms with Crippen LogP contribution in [0.2, 0.25) is 5.02 Å². The Balaban J connectivity index is 1.36.